The fraction of sp³-hybridized carbons (Fsp3) is 0.450. The number of guanidine groups is 1. The van der Waals surface area contributed by atoms with Gasteiger partial charge in [-0.2, -0.15) is 0 Å². The molecule has 0 bridgehead atoms. The van der Waals surface area contributed by atoms with Crippen molar-refractivity contribution in [2.75, 3.05) is 27.3 Å². The Hall–Kier alpha value is -1.94. The molecule has 0 radical (unpaired) electrons. The van der Waals surface area contributed by atoms with Crippen molar-refractivity contribution in [1.29, 1.82) is 0 Å². The molecule has 0 saturated carbocycles. The van der Waals surface area contributed by atoms with E-state index in [1.165, 1.54) is 0 Å². The minimum Gasteiger partial charge on any atom is -0.497 e. The van der Waals surface area contributed by atoms with E-state index in [1.807, 2.05) is 32.9 Å². The lowest BCUT2D eigenvalue weighted by Crippen LogP contribution is -2.39. The number of ether oxygens (including phenoxy) is 2. The Morgan fingerprint density at radius 3 is 2.32 bits per heavy atom. The van der Waals surface area contributed by atoms with E-state index in [0.29, 0.717) is 29.6 Å². The summed E-state index contributed by atoms with van der Waals surface area (Å²) in [6.07, 6.45) is -0.786. The number of hydrogen-bond acceptors (Lipinski definition) is 5. The number of nitrogens with one attached hydrogen (secondary N) is 2. The van der Waals surface area contributed by atoms with Gasteiger partial charge in [0.05, 0.1) is 32.9 Å². The van der Waals surface area contributed by atoms with Crippen molar-refractivity contribution >= 4 is 29.9 Å². The molecular weight excluding hydrogens is 473 g/mol. The Kier molecular flexibility index (Phi) is 10.2. The minimum absolute atomic E-state index is 0. The quantitative estimate of drug-likeness (QED) is 0.290. The number of aliphatic hydroxyl groups excluding tert-OH is 1. The average Bonchev–Trinajstić information content (AvgIpc) is 3.12. The smallest absolute Gasteiger partial charge is 0.191 e. The highest BCUT2D eigenvalue weighted by molar-refractivity contribution is 14.0. The lowest BCUT2D eigenvalue weighted by atomic mass is 10.1. The van der Waals surface area contributed by atoms with E-state index in [0.717, 1.165) is 11.5 Å². The maximum Gasteiger partial charge on any atom is 0.191 e. The molecule has 0 aliphatic rings. The SMILES string of the molecule is CCNC(=NCC(O)c1cc(OC)cc(OC)c1)NC(C)c1ccc(C)o1.I. The summed E-state index contributed by atoms with van der Waals surface area (Å²) < 4.78 is 16.2. The van der Waals surface area contributed by atoms with Gasteiger partial charge in [0, 0.05) is 12.6 Å². The molecule has 0 aliphatic carbocycles. The van der Waals surface area contributed by atoms with Crippen molar-refractivity contribution in [3.63, 3.8) is 0 Å². The van der Waals surface area contributed by atoms with Gasteiger partial charge in [-0.05, 0) is 50.6 Å². The second-order valence-electron chi connectivity index (χ2n) is 6.20. The van der Waals surface area contributed by atoms with Crippen LogP contribution in [0, 0.1) is 6.92 Å². The lowest BCUT2D eigenvalue weighted by molar-refractivity contribution is 0.186. The summed E-state index contributed by atoms with van der Waals surface area (Å²) in [5.74, 6) is 3.55. The van der Waals surface area contributed by atoms with Crippen LogP contribution in [0.1, 0.15) is 43.1 Å². The van der Waals surface area contributed by atoms with E-state index in [2.05, 4.69) is 15.6 Å². The molecule has 1 heterocycles. The van der Waals surface area contributed by atoms with Crippen molar-refractivity contribution in [2.24, 2.45) is 4.99 Å². The monoisotopic (exact) mass is 503 g/mol. The third-order valence-corrected chi connectivity index (χ3v) is 4.07. The lowest BCUT2D eigenvalue weighted by Gasteiger charge is -2.17. The van der Waals surface area contributed by atoms with Crippen LogP contribution in [0.3, 0.4) is 0 Å². The van der Waals surface area contributed by atoms with Gasteiger partial charge in [0.15, 0.2) is 5.96 Å². The first kappa shape index (κ1) is 24.1. The molecule has 2 rings (SSSR count). The molecule has 8 heteroatoms. The van der Waals surface area contributed by atoms with Gasteiger partial charge in [-0.25, -0.2) is 0 Å². The highest BCUT2D eigenvalue weighted by Gasteiger charge is 2.14. The van der Waals surface area contributed by atoms with E-state index in [4.69, 9.17) is 13.9 Å². The zero-order valence-corrected chi connectivity index (χ0v) is 19.3. The van der Waals surface area contributed by atoms with Crippen LogP contribution >= 0.6 is 24.0 Å². The first-order chi connectivity index (χ1) is 13.0. The van der Waals surface area contributed by atoms with Crippen LogP contribution in [0.15, 0.2) is 39.7 Å². The predicted octanol–water partition coefficient (Wildman–Crippen LogP) is 3.57. The second-order valence-corrected chi connectivity index (χ2v) is 6.20. The number of rotatable bonds is 8. The van der Waals surface area contributed by atoms with Crippen molar-refractivity contribution in [2.45, 2.75) is 32.9 Å². The molecule has 3 N–H and O–H groups in total. The topological polar surface area (TPSA) is 88.3 Å². The number of aryl methyl sites for hydroxylation is 1. The molecule has 7 nitrogen and oxygen atoms in total. The number of nitrogens with zero attached hydrogens (tertiary/aromatic N) is 1. The summed E-state index contributed by atoms with van der Waals surface area (Å²) in [5.41, 5.74) is 0.681. The summed E-state index contributed by atoms with van der Waals surface area (Å²) in [6.45, 7) is 6.79. The van der Waals surface area contributed by atoms with Gasteiger partial charge in [-0.1, -0.05) is 0 Å². The van der Waals surface area contributed by atoms with Gasteiger partial charge in [0.1, 0.15) is 23.0 Å². The largest absolute Gasteiger partial charge is 0.497 e. The average molecular weight is 503 g/mol. The number of hydrogen-bond donors (Lipinski definition) is 3. The summed E-state index contributed by atoms with van der Waals surface area (Å²) in [6, 6.07) is 9.13. The number of halogens is 1. The Morgan fingerprint density at radius 2 is 1.82 bits per heavy atom. The maximum absolute atomic E-state index is 10.5. The molecule has 0 amide bonds. The summed E-state index contributed by atoms with van der Waals surface area (Å²) in [7, 11) is 3.15. The van der Waals surface area contributed by atoms with E-state index < -0.39 is 6.10 Å². The molecule has 2 atom stereocenters. The maximum atomic E-state index is 10.5. The fourth-order valence-electron chi connectivity index (χ4n) is 2.59. The van der Waals surface area contributed by atoms with Crippen LogP contribution < -0.4 is 20.1 Å². The van der Waals surface area contributed by atoms with Crippen LogP contribution in [0.2, 0.25) is 0 Å². The van der Waals surface area contributed by atoms with Crippen molar-refractivity contribution in [3.8, 4) is 11.5 Å². The van der Waals surface area contributed by atoms with Crippen LogP contribution in [0.4, 0.5) is 0 Å². The highest BCUT2D eigenvalue weighted by atomic mass is 127. The molecule has 0 spiro atoms. The Labute approximate surface area is 183 Å². The molecule has 0 aliphatic heterocycles. The molecule has 2 unspecified atom stereocenters. The molecule has 2 aromatic rings. The molecule has 1 aromatic heterocycles. The predicted molar refractivity (Wildman–Crippen MR) is 121 cm³/mol. The Morgan fingerprint density at radius 1 is 1.18 bits per heavy atom. The van der Waals surface area contributed by atoms with Crippen LogP contribution in [0.25, 0.3) is 0 Å². The van der Waals surface area contributed by atoms with E-state index in [-0.39, 0.29) is 36.6 Å². The van der Waals surface area contributed by atoms with E-state index >= 15 is 0 Å². The van der Waals surface area contributed by atoms with Gasteiger partial charge in [-0.3, -0.25) is 4.99 Å². The number of furan rings is 1. The van der Waals surface area contributed by atoms with Crippen LogP contribution in [0.5, 0.6) is 11.5 Å². The first-order valence-electron chi connectivity index (χ1n) is 8.99. The number of aliphatic imine (C=N–C) groups is 1. The molecular formula is C20H30IN3O4. The zero-order chi connectivity index (χ0) is 19.8. The highest BCUT2D eigenvalue weighted by Crippen LogP contribution is 2.26. The van der Waals surface area contributed by atoms with Crippen LogP contribution in [-0.4, -0.2) is 38.4 Å². The van der Waals surface area contributed by atoms with Crippen molar-refractivity contribution in [1.82, 2.24) is 10.6 Å². The molecule has 0 saturated heterocycles. The molecule has 1 aromatic carbocycles. The van der Waals surface area contributed by atoms with Crippen molar-refractivity contribution in [3.05, 3.63) is 47.4 Å². The van der Waals surface area contributed by atoms with E-state index in [1.54, 1.807) is 32.4 Å². The minimum atomic E-state index is -0.786. The molecule has 156 valence electrons. The second kappa shape index (κ2) is 11.8. The number of aliphatic hydroxyl groups is 1. The van der Waals surface area contributed by atoms with Gasteiger partial charge in [0.2, 0.25) is 0 Å². The third kappa shape index (κ3) is 6.90. The molecule has 0 fully saturated rings. The van der Waals surface area contributed by atoms with Gasteiger partial charge in [-0.15, -0.1) is 24.0 Å². The standard InChI is InChI=1S/C20H29N3O4.HI/c1-6-21-20(23-14(3)19-8-7-13(2)27-19)22-12-18(24)15-9-16(25-4)11-17(10-15)26-5;/h7-11,14,18,24H,6,12H2,1-5H3,(H2,21,22,23);1H. The number of methoxy groups -OCH3 is 2. The number of benzene rings is 1. The zero-order valence-electron chi connectivity index (χ0n) is 17.0. The Balaban J connectivity index is 0.00000392. The van der Waals surface area contributed by atoms with Crippen molar-refractivity contribution < 1.29 is 19.0 Å². The first-order valence-corrected chi connectivity index (χ1v) is 8.99. The summed E-state index contributed by atoms with van der Waals surface area (Å²) in [4.78, 5) is 4.49. The Bertz CT molecular complexity index is 741. The van der Waals surface area contributed by atoms with Gasteiger partial charge < -0.3 is 29.6 Å². The summed E-state index contributed by atoms with van der Waals surface area (Å²) in [5, 5.41) is 17.0. The van der Waals surface area contributed by atoms with Crippen LogP contribution in [-0.2, 0) is 0 Å². The third-order valence-electron chi connectivity index (χ3n) is 4.07. The van der Waals surface area contributed by atoms with Gasteiger partial charge in [0.25, 0.3) is 0 Å². The molecule has 28 heavy (non-hydrogen) atoms. The fourth-order valence-corrected chi connectivity index (χ4v) is 2.59. The van der Waals surface area contributed by atoms with Gasteiger partial charge >= 0.3 is 0 Å². The normalized spacial score (nSPS) is 13.3. The summed E-state index contributed by atoms with van der Waals surface area (Å²) >= 11 is 0. The van der Waals surface area contributed by atoms with E-state index in [9.17, 15) is 5.11 Å².